The number of aromatic carboxylic acids is 1. The summed E-state index contributed by atoms with van der Waals surface area (Å²) in [6.07, 6.45) is 0. The summed E-state index contributed by atoms with van der Waals surface area (Å²) < 4.78 is 0. The van der Waals surface area contributed by atoms with Gasteiger partial charge in [-0.15, -0.1) is 0 Å². The van der Waals surface area contributed by atoms with Gasteiger partial charge in [0, 0.05) is 16.2 Å². The second kappa shape index (κ2) is 6.94. The molecule has 0 atom stereocenters. The number of rotatable bonds is 3. The van der Waals surface area contributed by atoms with Gasteiger partial charge in [-0.1, -0.05) is 41.5 Å². The highest BCUT2D eigenvalue weighted by atomic mass is 16.4. The molecule has 27 heavy (non-hydrogen) atoms. The van der Waals surface area contributed by atoms with Crippen LogP contribution >= 0.6 is 0 Å². The van der Waals surface area contributed by atoms with Crippen molar-refractivity contribution in [3.63, 3.8) is 0 Å². The third-order valence-electron chi connectivity index (χ3n) is 3.76. The van der Waals surface area contributed by atoms with Crippen molar-refractivity contribution in [1.82, 2.24) is 9.97 Å². The average Bonchev–Trinajstić information content (AvgIpc) is 2.52. The molecule has 0 saturated carbocycles. The van der Waals surface area contributed by atoms with Crippen molar-refractivity contribution in [3.05, 3.63) is 23.8 Å². The Morgan fingerprint density at radius 1 is 0.889 bits per heavy atom. The number of anilines is 2. The number of carbonyl (C=O) groups excluding carboxylic acids is 2. The van der Waals surface area contributed by atoms with Crippen LogP contribution in [-0.2, 0) is 9.59 Å². The number of carbonyl (C=O) groups is 3. The van der Waals surface area contributed by atoms with Crippen molar-refractivity contribution < 1.29 is 19.5 Å². The minimum Gasteiger partial charge on any atom is -0.478 e. The number of carboxylic acids is 1. The summed E-state index contributed by atoms with van der Waals surface area (Å²) in [7, 11) is 0. The zero-order chi connectivity index (χ0) is 20.6. The zero-order valence-electron chi connectivity index (χ0n) is 16.3. The topological polar surface area (TPSA) is 121 Å². The molecule has 3 N–H and O–H groups in total. The van der Waals surface area contributed by atoms with Crippen LogP contribution < -0.4 is 10.6 Å². The molecule has 2 rings (SSSR count). The number of aromatic nitrogens is 2. The van der Waals surface area contributed by atoms with E-state index in [-0.39, 0.29) is 29.1 Å². The molecule has 1 aromatic heterocycles. The molecule has 0 aliphatic heterocycles. The number of nitrogens with one attached hydrogen (secondary N) is 2. The number of hydrogen-bond donors (Lipinski definition) is 3. The Labute approximate surface area is 157 Å². The van der Waals surface area contributed by atoms with Crippen molar-refractivity contribution in [3.8, 4) is 0 Å². The van der Waals surface area contributed by atoms with Gasteiger partial charge < -0.3 is 10.4 Å². The molecule has 8 heteroatoms. The summed E-state index contributed by atoms with van der Waals surface area (Å²) in [5.41, 5.74) is -0.885. The number of benzene rings is 1. The van der Waals surface area contributed by atoms with Crippen LogP contribution in [-0.4, -0.2) is 32.9 Å². The van der Waals surface area contributed by atoms with Crippen molar-refractivity contribution in [2.75, 3.05) is 10.6 Å². The second-order valence-corrected chi connectivity index (χ2v) is 8.34. The molecule has 1 heterocycles. The fraction of sp³-hybridized carbons (Fsp3) is 0.421. The second-order valence-electron chi connectivity index (χ2n) is 8.34. The molecule has 0 aliphatic rings. The van der Waals surface area contributed by atoms with E-state index >= 15 is 0 Å². The lowest BCUT2D eigenvalue weighted by atomic mass is 9.95. The molecular weight excluding hydrogens is 348 g/mol. The van der Waals surface area contributed by atoms with Gasteiger partial charge in [-0.05, 0) is 18.2 Å². The van der Waals surface area contributed by atoms with Gasteiger partial charge in [-0.25, -0.2) is 9.78 Å². The fourth-order valence-electron chi connectivity index (χ4n) is 2.00. The average molecular weight is 372 g/mol. The monoisotopic (exact) mass is 372 g/mol. The Hall–Kier alpha value is -3.03. The Morgan fingerprint density at radius 2 is 1.44 bits per heavy atom. The van der Waals surface area contributed by atoms with Gasteiger partial charge in [-0.2, -0.15) is 4.98 Å². The van der Waals surface area contributed by atoms with E-state index in [0.29, 0.717) is 10.9 Å². The molecule has 0 radical (unpaired) electrons. The van der Waals surface area contributed by atoms with Crippen LogP contribution in [0.1, 0.15) is 51.9 Å². The normalized spacial score (nSPS) is 11.9. The summed E-state index contributed by atoms with van der Waals surface area (Å²) in [4.78, 5) is 44.5. The van der Waals surface area contributed by atoms with E-state index in [2.05, 4.69) is 20.6 Å². The minimum absolute atomic E-state index is 0.0368. The molecule has 0 unspecified atom stereocenters. The number of amides is 2. The number of nitrogens with zero attached hydrogens (tertiary/aromatic N) is 2. The summed E-state index contributed by atoms with van der Waals surface area (Å²) in [5.74, 6) is -1.49. The van der Waals surface area contributed by atoms with Crippen LogP contribution in [0.3, 0.4) is 0 Å². The Balaban J connectivity index is 2.58. The number of carboxylic acid groups (broad SMARTS) is 1. The van der Waals surface area contributed by atoms with E-state index in [1.807, 2.05) is 0 Å². The van der Waals surface area contributed by atoms with Crippen LogP contribution in [0.4, 0.5) is 11.8 Å². The van der Waals surface area contributed by atoms with Gasteiger partial charge in [0.05, 0.1) is 11.1 Å². The summed E-state index contributed by atoms with van der Waals surface area (Å²) in [5, 5.41) is 14.9. The maximum atomic E-state index is 12.4. The van der Waals surface area contributed by atoms with E-state index in [1.54, 1.807) is 41.5 Å². The molecule has 0 spiro atoms. The molecule has 0 aliphatic carbocycles. The lowest BCUT2D eigenvalue weighted by molar-refractivity contribution is -0.123. The first-order valence-electron chi connectivity index (χ1n) is 8.47. The Kier molecular flexibility index (Phi) is 5.21. The Morgan fingerprint density at radius 3 is 1.96 bits per heavy atom. The molecule has 0 saturated heterocycles. The molecule has 1 aromatic carbocycles. The maximum absolute atomic E-state index is 12.4. The van der Waals surface area contributed by atoms with E-state index in [1.165, 1.54) is 18.2 Å². The zero-order valence-corrected chi connectivity index (χ0v) is 16.3. The van der Waals surface area contributed by atoms with Gasteiger partial charge in [0.1, 0.15) is 5.82 Å². The third-order valence-corrected chi connectivity index (χ3v) is 3.76. The van der Waals surface area contributed by atoms with Gasteiger partial charge in [0.25, 0.3) is 0 Å². The number of fused-ring (bicyclic) bond motifs is 1. The van der Waals surface area contributed by atoms with E-state index in [9.17, 15) is 19.5 Å². The van der Waals surface area contributed by atoms with Crippen LogP contribution in [0.2, 0.25) is 0 Å². The first-order valence-corrected chi connectivity index (χ1v) is 8.47. The lowest BCUT2D eigenvalue weighted by Crippen LogP contribution is -2.30. The SMILES string of the molecule is CC(C)(C)C(=O)Nc1nc(NC(=O)C(C)(C)C)c2cc(C(=O)O)ccc2n1. The predicted molar refractivity (Wildman–Crippen MR) is 103 cm³/mol. The van der Waals surface area contributed by atoms with Crippen LogP contribution in [0, 0.1) is 10.8 Å². The van der Waals surface area contributed by atoms with Gasteiger partial charge in [-0.3, -0.25) is 14.9 Å². The van der Waals surface area contributed by atoms with Gasteiger partial charge >= 0.3 is 5.97 Å². The third kappa shape index (κ3) is 4.78. The van der Waals surface area contributed by atoms with Gasteiger partial charge in [0.2, 0.25) is 17.8 Å². The minimum atomic E-state index is -1.10. The molecular formula is C19H24N4O4. The standard InChI is InChI=1S/C19H24N4O4/c1-18(2,3)15(26)21-13-11-9-10(14(24)25)7-8-12(11)20-17(22-13)23-16(27)19(4,5)6/h7-9H,1-6H3,(H,24,25)(H2,20,21,22,23,26,27). The highest BCUT2D eigenvalue weighted by molar-refractivity contribution is 6.04. The van der Waals surface area contributed by atoms with Gasteiger partial charge in [0.15, 0.2) is 0 Å². The van der Waals surface area contributed by atoms with Crippen molar-refractivity contribution >= 4 is 40.5 Å². The van der Waals surface area contributed by atoms with Crippen molar-refractivity contribution in [1.29, 1.82) is 0 Å². The first-order chi connectivity index (χ1) is 12.3. The van der Waals surface area contributed by atoms with E-state index in [0.717, 1.165) is 0 Å². The fourth-order valence-corrected chi connectivity index (χ4v) is 2.00. The predicted octanol–water partition coefficient (Wildman–Crippen LogP) is 3.30. The van der Waals surface area contributed by atoms with Crippen molar-refractivity contribution in [2.45, 2.75) is 41.5 Å². The molecule has 0 bridgehead atoms. The number of hydrogen-bond acceptors (Lipinski definition) is 5. The molecule has 144 valence electrons. The van der Waals surface area contributed by atoms with E-state index < -0.39 is 16.8 Å². The molecule has 2 amide bonds. The highest BCUT2D eigenvalue weighted by Gasteiger charge is 2.25. The van der Waals surface area contributed by atoms with Crippen molar-refractivity contribution in [2.24, 2.45) is 10.8 Å². The lowest BCUT2D eigenvalue weighted by Gasteiger charge is -2.20. The van der Waals surface area contributed by atoms with Crippen LogP contribution in [0.15, 0.2) is 18.2 Å². The molecule has 0 fully saturated rings. The van der Waals surface area contributed by atoms with E-state index in [4.69, 9.17) is 0 Å². The molecule has 2 aromatic rings. The van der Waals surface area contributed by atoms with Crippen LogP contribution in [0.5, 0.6) is 0 Å². The highest BCUT2D eigenvalue weighted by Crippen LogP contribution is 2.26. The Bertz CT molecular complexity index is 924. The summed E-state index contributed by atoms with van der Waals surface area (Å²) in [6, 6.07) is 4.31. The largest absolute Gasteiger partial charge is 0.478 e. The maximum Gasteiger partial charge on any atom is 0.335 e. The first kappa shape index (κ1) is 20.3. The van der Waals surface area contributed by atoms with Crippen LogP contribution in [0.25, 0.3) is 10.9 Å². The quantitative estimate of drug-likeness (QED) is 0.760. The summed E-state index contributed by atoms with van der Waals surface area (Å²) in [6.45, 7) is 10.5. The smallest absolute Gasteiger partial charge is 0.335 e. The summed E-state index contributed by atoms with van der Waals surface area (Å²) >= 11 is 0. The molecule has 8 nitrogen and oxygen atoms in total.